The highest BCUT2D eigenvalue weighted by Gasteiger charge is 2.99. The van der Waals surface area contributed by atoms with E-state index in [0.29, 0.717) is 6.92 Å². The lowest BCUT2D eigenvalue weighted by atomic mass is 9.84. The number of alkyl halides is 25. The number of hydrogen-bond acceptors (Lipinski definition) is 2. The topological polar surface area (TPSA) is 26.3 Å². The van der Waals surface area contributed by atoms with Crippen molar-refractivity contribution in [3.05, 3.63) is 0 Å². The number of halogens is 25. The van der Waals surface area contributed by atoms with E-state index in [1.807, 2.05) is 0 Å². The highest BCUT2D eigenvalue weighted by atomic mass is 19.4. The molecule has 0 atom stereocenters. The number of ether oxygens (including phenoxy) is 1. The van der Waals surface area contributed by atoms with Gasteiger partial charge in [0.1, 0.15) is 0 Å². The Bertz CT molecular complexity index is 1020. The summed E-state index contributed by atoms with van der Waals surface area (Å²) in [6.45, 7) is -1.90. The minimum Gasteiger partial charge on any atom is -0.466 e. The van der Waals surface area contributed by atoms with Crippen molar-refractivity contribution in [2.24, 2.45) is 0 Å². The number of carbonyl (C=O) groups is 1. The van der Waals surface area contributed by atoms with Crippen LogP contribution in [0.5, 0.6) is 0 Å². The minimum atomic E-state index is -9.62. The van der Waals surface area contributed by atoms with Gasteiger partial charge in [-0.25, -0.2) is 0 Å². The third kappa shape index (κ3) is 5.25. The predicted octanol–water partition coefficient (Wildman–Crippen LogP) is 8.49. The average Bonchev–Trinajstić information content (AvgIpc) is 2.76. The summed E-state index contributed by atoms with van der Waals surface area (Å²) in [5, 5.41) is 0. The minimum absolute atomic E-state index is 0.293. The smallest absolute Gasteiger partial charge is 0.460 e. The molecule has 0 aliphatic rings. The van der Waals surface area contributed by atoms with E-state index in [-0.39, 0.29) is 0 Å². The van der Waals surface area contributed by atoms with Crippen LogP contribution in [0.3, 0.4) is 0 Å². The zero-order chi connectivity index (χ0) is 35.7. The van der Waals surface area contributed by atoms with Crippen molar-refractivity contribution >= 4 is 5.97 Å². The molecule has 0 aromatic rings. The Balaban J connectivity index is 7.18. The highest BCUT2D eigenvalue weighted by molar-refractivity contribution is 5.65. The molecule has 0 aromatic carbocycles. The van der Waals surface area contributed by atoms with Gasteiger partial charge < -0.3 is 4.74 Å². The van der Waals surface area contributed by atoms with Crippen molar-refractivity contribution in [1.82, 2.24) is 0 Å². The maximum Gasteiger partial charge on any atom is 0.460 e. The summed E-state index contributed by atoms with van der Waals surface area (Å²) in [5.41, 5.74) is 0. The fourth-order valence-corrected chi connectivity index (χ4v) is 2.46. The van der Waals surface area contributed by atoms with Gasteiger partial charge in [-0.1, -0.05) is 0 Å². The molecule has 0 aromatic heterocycles. The van der Waals surface area contributed by atoms with E-state index >= 15 is 0 Å². The summed E-state index contributed by atoms with van der Waals surface area (Å²) in [7, 11) is 0. The van der Waals surface area contributed by atoms with Gasteiger partial charge in [-0.15, -0.1) is 0 Å². The quantitative estimate of drug-likeness (QED) is 0.142. The normalized spacial score (nSPS) is 16.4. The third-order valence-electron chi connectivity index (χ3n) is 5.09. The Morgan fingerprint density at radius 3 is 0.814 bits per heavy atom. The second-order valence-corrected chi connectivity index (χ2v) is 8.04. The van der Waals surface area contributed by atoms with E-state index in [1.54, 1.807) is 0 Å². The van der Waals surface area contributed by atoms with E-state index in [4.69, 9.17) is 0 Å². The number of rotatable bonds is 13. The van der Waals surface area contributed by atoms with Crippen molar-refractivity contribution < 1.29 is 119 Å². The van der Waals surface area contributed by atoms with Crippen LogP contribution in [0.15, 0.2) is 0 Å². The molecule has 0 heterocycles. The van der Waals surface area contributed by atoms with Crippen LogP contribution in [0.1, 0.15) is 13.3 Å². The fraction of sp³-hybridized carbons (Fsp3) is 0.938. The first-order valence-corrected chi connectivity index (χ1v) is 9.53. The SMILES string of the molecule is CC(=O)OCCC(F)(F)C(F)(F)C(F)(F)C(F)(F)C(F)(F)C(F)(F)C(F)(F)C(F)(F)C(F)(F)C(F)(F)C(F)(F)C(F)(F)F. The van der Waals surface area contributed by atoms with Crippen molar-refractivity contribution in [3.63, 3.8) is 0 Å². The molecule has 0 saturated carbocycles. The summed E-state index contributed by atoms with van der Waals surface area (Å²) >= 11 is 0. The monoisotopic (exact) mass is 706 g/mol. The number of esters is 1. The van der Waals surface area contributed by atoms with Crippen LogP contribution in [-0.2, 0) is 9.53 Å². The van der Waals surface area contributed by atoms with E-state index in [2.05, 4.69) is 4.74 Å². The predicted molar refractivity (Wildman–Crippen MR) is 81.7 cm³/mol. The largest absolute Gasteiger partial charge is 0.466 e. The van der Waals surface area contributed by atoms with Crippen molar-refractivity contribution in [2.45, 2.75) is 84.7 Å². The second kappa shape index (κ2) is 10.4. The molecule has 0 amide bonds. The van der Waals surface area contributed by atoms with Gasteiger partial charge in [-0.05, 0) is 0 Å². The van der Waals surface area contributed by atoms with Crippen LogP contribution in [-0.4, -0.2) is 83.9 Å². The first kappa shape index (κ1) is 40.7. The standard InChI is InChI=1S/C16H7F25O2/c1-4(42)43-3-2-5(17,18)6(19,20)7(21,22)8(23,24)9(25,26)10(27,28)11(29,30)12(31,32)13(33,34)14(35,36)15(37,38)16(39,40)41/h2-3H2,1H3. The van der Waals surface area contributed by atoms with Gasteiger partial charge in [0, 0.05) is 6.92 Å². The zero-order valence-electron chi connectivity index (χ0n) is 19.2. The molecule has 0 radical (unpaired) electrons. The van der Waals surface area contributed by atoms with Crippen LogP contribution < -0.4 is 0 Å². The van der Waals surface area contributed by atoms with Crippen LogP contribution in [0, 0.1) is 0 Å². The molecule has 27 heteroatoms. The molecular formula is C16H7F25O2. The highest BCUT2D eigenvalue weighted by Crippen LogP contribution is 2.67. The molecule has 0 fully saturated rings. The molecule has 0 rings (SSSR count). The maximum atomic E-state index is 13.7. The van der Waals surface area contributed by atoms with Crippen LogP contribution in [0.4, 0.5) is 110 Å². The molecule has 0 saturated heterocycles. The Hall–Kier alpha value is -2.28. The van der Waals surface area contributed by atoms with E-state index in [0.717, 1.165) is 0 Å². The summed E-state index contributed by atoms with van der Waals surface area (Å²) in [6.07, 6.45) is -11.3. The second-order valence-electron chi connectivity index (χ2n) is 8.04. The summed E-state index contributed by atoms with van der Waals surface area (Å²) in [6, 6.07) is 0. The van der Waals surface area contributed by atoms with E-state index < -0.39 is 90.3 Å². The van der Waals surface area contributed by atoms with Gasteiger partial charge in [0.25, 0.3) is 0 Å². The maximum absolute atomic E-state index is 13.7. The molecule has 2 nitrogen and oxygen atoms in total. The van der Waals surface area contributed by atoms with Crippen LogP contribution >= 0.6 is 0 Å². The molecule has 0 aliphatic carbocycles. The molecular weight excluding hydrogens is 699 g/mol. The average molecular weight is 706 g/mol. The Morgan fingerprint density at radius 1 is 0.395 bits per heavy atom. The molecule has 43 heavy (non-hydrogen) atoms. The van der Waals surface area contributed by atoms with Crippen molar-refractivity contribution in [2.75, 3.05) is 6.61 Å². The summed E-state index contributed by atoms with van der Waals surface area (Å²) in [4.78, 5) is 10.4. The van der Waals surface area contributed by atoms with Gasteiger partial charge in [-0.2, -0.15) is 110 Å². The Labute approximate surface area is 218 Å². The molecule has 0 aliphatic heterocycles. The molecule has 258 valence electrons. The Kier molecular flexibility index (Phi) is 9.84. The first-order valence-electron chi connectivity index (χ1n) is 9.53. The van der Waals surface area contributed by atoms with E-state index in [1.165, 1.54) is 0 Å². The lowest BCUT2D eigenvalue weighted by Crippen LogP contribution is -2.78. The first-order chi connectivity index (χ1) is 18.2. The lowest BCUT2D eigenvalue weighted by Gasteiger charge is -2.45. The van der Waals surface area contributed by atoms with Crippen LogP contribution in [0.25, 0.3) is 0 Å². The van der Waals surface area contributed by atoms with Crippen molar-refractivity contribution in [3.8, 4) is 0 Å². The fourth-order valence-electron chi connectivity index (χ4n) is 2.46. The van der Waals surface area contributed by atoms with Crippen molar-refractivity contribution in [1.29, 1.82) is 0 Å². The molecule has 0 bridgehead atoms. The van der Waals surface area contributed by atoms with Gasteiger partial charge in [-0.3, -0.25) is 4.79 Å². The third-order valence-corrected chi connectivity index (χ3v) is 5.09. The van der Waals surface area contributed by atoms with Gasteiger partial charge in [0.15, 0.2) is 0 Å². The summed E-state index contributed by atoms with van der Waals surface area (Å²) < 4.78 is 335. The van der Waals surface area contributed by atoms with Crippen LogP contribution in [0.2, 0.25) is 0 Å². The van der Waals surface area contributed by atoms with Gasteiger partial charge >= 0.3 is 77.3 Å². The van der Waals surface area contributed by atoms with Gasteiger partial charge in [0.05, 0.1) is 13.0 Å². The number of carbonyl (C=O) groups excluding carboxylic acids is 1. The summed E-state index contributed by atoms with van der Waals surface area (Å²) in [5.74, 6) is -100. The lowest BCUT2D eigenvalue weighted by molar-refractivity contribution is -0.482. The Morgan fingerprint density at radius 2 is 0.605 bits per heavy atom. The molecule has 0 N–H and O–H groups in total. The zero-order valence-corrected chi connectivity index (χ0v) is 19.2. The number of hydrogen-bond donors (Lipinski definition) is 0. The van der Waals surface area contributed by atoms with Gasteiger partial charge in [0.2, 0.25) is 0 Å². The molecule has 0 spiro atoms. The van der Waals surface area contributed by atoms with E-state index in [9.17, 15) is 115 Å². The molecule has 0 unspecified atom stereocenters.